The average molecular weight is 301 g/mol. The van der Waals surface area contributed by atoms with Crippen molar-refractivity contribution in [3.05, 3.63) is 41.7 Å². The van der Waals surface area contributed by atoms with Gasteiger partial charge in [0.2, 0.25) is 0 Å². The monoisotopic (exact) mass is 301 g/mol. The van der Waals surface area contributed by atoms with Gasteiger partial charge in [0.05, 0.1) is 11.7 Å². The van der Waals surface area contributed by atoms with Crippen LogP contribution in [0.3, 0.4) is 0 Å². The summed E-state index contributed by atoms with van der Waals surface area (Å²) in [5.74, 6) is 0. The van der Waals surface area contributed by atoms with Crippen molar-refractivity contribution in [1.82, 2.24) is 14.8 Å². The minimum atomic E-state index is -0.215. The number of carbonyl (C=O) groups excluding carboxylic acids is 1. The van der Waals surface area contributed by atoms with E-state index in [0.29, 0.717) is 0 Å². The molecule has 0 unspecified atom stereocenters. The van der Waals surface area contributed by atoms with Gasteiger partial charge in [0, 0.05) is 25.8 Å². The zero-order valence-corrected chi connectivity index (χ0v) is 13.1. The van der Waals surface area contributed by atoms with E-state index in [4.69, 9.17) is 4.74 Å². The standard InChI is InChI=1S/C17H23N3O2/c1-19-11-7-14(8-12-19)16-6-4-10-20(16)17(21)22-13-15-5-2-3-9-18-15/h2-3,5,7,9,16H,4,6,8,10-13H2,1H3/t16-/m0/s1. The van der Waals surface area contributed by atoms with Gasteiger partial charge < -0.3 is 14.5 Å². The first-order chi connectivity index (χ1) is 10.7. The molecule has 1 saturated heterocycles. The molecule has 0 N–H and O–H groups in total. The SMILES string of the molecule is CN1CC=C([C@@H]2CCCN2C(=O)OCc2ccccn2)CC1. The van der Waals surface area contributed by atoms with E-state index in [1.54, 1.807) is 6.20 Å². The van der Waals surface area contributed by atoms with Gasteiger partial charge in [-0.2, -0.15) is 0 Å². The molecule has 2 aliphatic rings. The van der Waals surface area contributed by atoms with E-state index in [0.717, 1.165) is 44.6 Å². The average Bonchev–Trinajstić information content (AvgIpc) is 3.04. The number of likely N-dealkylation sites (tertiary alicyclic amines) is 1. The number of nitrogens with zero attached hydrogens (tertiary/aromatic N) is 3. The second kappa shape index (κ2) is 6.92. The molecule has 1 aromatic heterocycles. The van der Waals surface area contributed by atoms with Gasteiger partial charge in [-0.25, -0.2) is 4.79 Å². The lowest BCUT2D eigenvalue weighted by Crippen LogP contribution is -2.39. The van der Waals surface area contributed by atoms with Crippen LogP contribution < -0.4 is 0 Å². The predicted octanol–water partition coefficient (Wildman–Crippen LogP) is 2.44. The van der Waals surface area contributed by atoms with E-state index in [1.807, 2.05) is 23.1 Å². The first-order valence-electron chi connectivity index (χ1n) is 7.95. The summed E-state index contributed by atoms with van der Waals surface area (Å²) in [5, 5.41) is 0. The third-order valence-corrected chi connectivity index (χ3v) is 4.43. The molecule has 0 aromatic carbocycles. The molecule has 1 atom stereocenters. The number of hydrogen-bond acceptors (Lipinski definition) is 4. The van der Waals surface area contributed by atoms with Crippen molar-refractivity contribution in [3.63, 3.8) is 0 Å². The molecule has 118 valence electrons. The molecule has 3 heterocycles. The van der Waals surface area contributed by atoms with Crippen LogP contribution in [0.15, 0.2) is 36.0 Å². The van der Waals surface area contributed by atoms with Crippen LogP contribution in [0.1, 0.15) is 25.0 Å². The van der Waals surface area contributed by atoms with E-state index in [-0.39, 0.29) is 18.7 Å². The van der Waals surface area contributed by atoms with Crippen LogP contribution >= 0.6 is 0 Å². The maximum Gasteiger partial charge on any atom is 0.410 e. The molecule has 22 heavy (non-hydrogen) atoms. The van der Waals surface area contributed by atoms with Crippen molar-refractivity contribution in [2.45, 2.75) is 31.9 Å². The lowest BCUT2D eigenvalue weighted by Gasteiger charge is -2.30. The Balaban J connectivity index is 1.59. The molecule has 5 nitrogen and oxygen atoms in total. The molecule has 1 amide bonds. The number of pyridine rings is 1. The van der Waals surface area contributed by atoms with Gasteiger partial charge in [0.25, 0.3) is 0 Å². The highest BCUT2D eigenvalue weighted by molar-refractivity contribution is 5.69. The largest absolute Gasteiger partial charge is 0.443 e. The number of likely N-dealkylation sites (N-methyl/N-ethyl adjacent to an activating group) is 1. The molecule has 0 aliphatic carbocycles. The van der Waals surface area contributed by atoms with Gasteiger partial charge in [-0.1, -0.05) is 12.1 Å². The molecular weight excluding hydrogens is 278 g/mol. The van der Waals surface area contributed by atoms with Crippen molar-refractivity contribution in [1.29, 1.82) is 0 Å². The third kappa shape index (κ3) is 3.47. The Kier molecular flexibility index (Phi) is 4.73. The smallest absolute Gasteiger partial charge is 0.410 e. The fraction of sp³-hybridized carbons (Fsp3) is 0.529. The Morgan fingerprint density at radius 2 is 2.32 bits per heavy atom. The molecule has 1 aromatic rings. The van der Waals surface area contributed by atoms with E-state index in [9.17, 15) is 4.79 Å². The molecule has 2 aliphatic heterocycles. The van der Waals surface area contributed by atoms with Gasteiger partial charge in [-0.15, -0.1) is 0 Å². The minimum Gasteiger partial charge on any atom is -0.443 e. The minimum absolute atomic E-state index is 0.215. The highest BCUT2D eigenvalue weighted by Gasteiger charge is 2.33. The lowest BCUT2D eigenvalue weighted by atomic mass is 9.98. The zero-order chi connectivity index (χ0) is 15.4. The van der Waals surface area contributed by atoms with Crippen molar-refractivity contribution in [3.8, 4) is 0 Å². The first kappa shape index (κ1) is 15.0. The van der Waals surface area contributed by atoms with Crippen LogP contribution in [0.5, 0.6) is 0 Å². The van der Waals surface area contributed by atoms with Gasteiger partial charge >= 0.3 is 6.09 Å². The topological polar surface area (TPSA) is 45.7 Å². The summed E-state index contributed by atoms with van der Waals surface area (Å²) in [6.07, 6.45) is 6.92. The predicted molar refractivity (Wildman–Crippen MR) is 84.3 cm³/mol. The third-order valence-electron chi connectivity index (χ3n) is 4.43. The molecule has 5 heteroatoms. The molecule has 0 bridgehead atoms. The maximum absolute atomic E-state index is 12.4. The number of carbonyl (C=O) groups is 1. The number of hydrogen-bond donors (Lipinski definition) is 0. The Hall–Kier alpha value is -1.88. The maximum atomic E-state index is 12.4. The summed E-state index contributed by atoms with van der Waals surface area (Å²) in [6.45, 7) is 3.07. The zero-order valence-electron chi connectivity index (χ0n) is 13.1. The molecular formula is C17H23N3O2. The van der Waals surface area contributed by atoms with Gasteiger partial charge in [-0.05, 0) is 44.0 Å². The quantitative estimate of drug-likeness (QED) is 0.805. The van der Waals surface area contributed by atoms with Crippen LogP contribution in [0.4, 0.5) is 4.79 Å². The van der Waals surface area contributed by atoms with Gasteiger partial charge in [-0.3, -0.25) is 4.98 Å². The second-order valence-electron chi connectivity index (χ2n) is 6.02. The Bertz CT molecular complexity index is 544. The number of amides is 1. The van der Waals surface area contributed by atoms with Crippen molar-refractivity contribution in [2.75, 3.05) is 26.7 Å². The molecule has 0 radical (unpaired) electrons. The summed E-state index contributed by atoms with van der Waals surface area (Å²) in [6, 6.07) is 5.85. The van der Waals surface area contributed by atoms with Crippen LogP contribution in [-0.4, -0.2) is 53.6 Å². The fourth-order valence-electron chi connectivity index (χ4n) is 3.16. The van der Waals surface area contributed by atoms with Gasteiger partial charge in [0.1, 0.15) is 6.61 Å². The molecule has 1 fully saturated rings. The lowest BCUT2D eigenvalue weighted by molar-refractivity contribution is 0.0943. The van der Waals surface area contributed by atoms with Crippen molar-refractivity contribution < 1.29 is 9.53 Å². The first-order valence-corrected chi connectivity index (χ1v) is 7.95. The normalized spacial score (nSPS) is 22.5. The van der Waals surface area contributed by atoms with Crippen LogP contribution in [0.2, 0.25) is 0 Å². The summed E-state index contributed by atoms with van der Waals surface area (Å²) in [5.41, 5.74) is 2.18. The number of aromatic nitrogens is 1. The van der Waals surface area contributed by atoms with Crippen LogP contribution in [0.25, 0.3) is 0 Å². The summed E-state index contributed by atoms with van der Waals surface area (Å²) < 4.78 is 5.44. The molecule has 3 rings (SSSR count). The Labute approximate surface area is 131 Å². The van der Waals surface area contributed by atoms with E-state index in [1.165, 1.54) is 5.57 Å². The van der Waals surface area contributed by atoms with E-state index >= 15 is 0 Å². The highest BCUT2D eigenvalue weighted by Crippen LogP contribution is 2.28. The number of rotatable bonds is 3. The van der Waals surface area contributed by atoms with Crippen molar-refractivity contribution >= 4 is 6.09 Å². The van der Waals surface area contributed by atoms with Crippen molar-refractivity contribution in [2.24, 2.45) is 0 Å². The van der Waals surface area contributed by atoms with E-state index in [2.05, 4.69) is 23.0 Å². The van der Waals surface area contributed by atoms with Gasteiger partial charge in [0.15, 0.2) is 0 Å². The van der Waals surface area contributed by atoms with Crippen LogP contribution in [-0.2, 0) is 11.3 Å². The summed E-state index contributed by atoms with van der Waals surface area (Å²) in [7, 11) is 2.13. The van der Waals surface area contributed by atoms with Crippen LogP contribution in [0, 0.1) is 0 Å². The van der Waals surface area contributed by atoms with E-state index < -0.39 is 0 Å². The fourth-order valence-corrected chi connectivity index (χ4v) is 3.16. The molecule has 0 spiro atoms. The Morgan fingerprint density at radius 3 is 3.05 bits per heavy atom. The highest BCUT2D eigenvalue weighted by atomic mass is 16.6. The molecule has 0 saturated carbocycles. The summed E-state index contributed by atoms with van der Waals surface area (Å²) >= 11 is 0. The second-order valence-corrected chi connectivity index (χ2v) is 6.02. The summed E-state index contributed by atoms with van der Waals surface area (Å²) in [4.78, 5) is 20.7. The number of ether oxygens (including phenoxy) is 1. The Morgan fingerprint density at radius 1 is 1.41 bits per heavy atom.